The summed E-state index contributed by atoms with van der Waals surface area (Å²) in [6.07, 6.45) is 0.206. The number of fused-ring (bicyclic) bond motifs is 1. The Morgan fingerprint density at radius 2 is 1.81 bits per heavy atom. The molecule has 0 aromatic heterocycles. The van der Waals surface area contributed by atoms with E-state index >= 15 is 0 Å². The molecule has 16 heavy (non-hydrogen) atoms. The maximum absolute atomic E-state index is 6.24. The summed E-state index contributed by atoms with van der Waals surface area (Å²) in [6, 6.07) is 6.67. The van der Waals surface area contributed by atoms with Gasteiger partial charge >= 0.3 is 0 Å². The molecule has 1 heteroatoms. The van der Waals surface area contributed by atoms with Crippen LogP contribution in [0.1, 0.15) is 57.4 Å². The van der Waals surface area contributed by atoms with Gasteiger partial charge in [-0.1, -0.05) is 44.5 Å². The molecule has 0 saturated heterocycles. The van der Waals surface area contributed by atoms with E-state index in [4.69, 9.17) is 4.74 Å². The van der Waals surface area contributed by atoms with Crippen molar-refractivity contribution in [2.45, 2.75) is 53.2 Å². The number of ether oxygens (including phenoxy) is 1. The summed E-state index contributed by atoms with van der Waals surface area (Å²) in [5, 5.41) is 0. The molecular formula is C15H22O. The Balaban J connectivity index is 2.56. The molecule has 1 nitrogen and oxygen atoms in total. The quantitative estimate of drug-likeness (QED) is 0.629. The number of hydrogen-bond donors (Lipinski definition) is 0. The van der Waals surface area contributed by atoms with Crippen molar-refractivity contribution in [2.75, 3.05) is 0 Å². The Labute approximate surface area is 98.8 Å². The predicted octanol–water partition coefficient (Wildman–Crippen LogP) is 4.35. The first-order chi connectivity index (χ1) is 7.22. The maximum atomic E-state index is 6.24. The van der Waals surface area contributed by atoms with Crippen molar-refractivity contribution in [1.29, 1.82) is 0 Å². The molecule has 1 aromatic rings. The zero-order valence-corrected chi connectivity index (χ0v) is 11.2. The van der Waals surface area contributed by atoms with E-state index in [-0.39, 0.29) is 17.1 Å². The molecule has 0 amide bonds. The van der Waals surface area contributed by atoms with Gasteiger partial charge < -0.3 is 4.74 Å². The van der Waals surface area contributed by atoms with E-state index in [1.807, 2.05) is 0 Å². The molecule has 0 fully saturated rings. The van der Waals surface area contributed by atoms with Crippen LogP contribution in [-0.4, -0.2) is 0 Å². The van der Waals surface area contributed by atoms with Gasteiger partial charge in [-0.25, -0.2) is 0 Å². The first-order valence-corrected chi connectivity index (χ1v) is 6.01. The summed E-state index contributed by atoms with van der Waals surface area (Å²) in [6.45, 7) is 13.2. The summed E-state index contributed by atoms with van der Waals surface area (Å²) in [5.41, 5.74) is 4.03. The topological polar surface area (TPSA) is 9.23 Å². The second-order valence-electron chi connectivity index (χ2n) is 6.46. The van der Waals surface area contributed by atoms with Crippen LogP contribution in [0.2, 0.25) is 0 Å². The molecule has 1 aliphatic heterocycles. The van der Waals surface area contributed by atoms with E-state index in [2.05, 4.69) is 59.7 Å². The van der Waals surface area contributed by atoms with Gasteiger partial charge in [-0.2, -0.15) is 0 Å². The molecule has 0 aliphatic carbocycles. The molecule has 1 aromatic carbocycles. The highest BCUT2D eigenvalue weighted by Gasteiger charge is 2.42. The van der Waals surface area contributed by atoms with Crippen molar-refractivity contribution in [2.24, 2.45) is 5.41 Å². The van der Waals surface area contributed by atoms with Crippen molar-refractivity contribution in [3.8, 4) is 0 Å². The highest BCUT2D eigenvalue weighted by Crippen LogP contribution is 2.50. The molecule has 1 atom stereocenters. The third-order valence-electron chi connectivity index (χ3n) is 3.34. The minimum Gasteiger partial charge on any atom is -0.362 e. The molecule has 1 unspecified atom stereocenters. The second kappa shape index (κ2) is 3.33. The molecule has 1 heterocycles. The summed E-state index contributed by atoms with van der Waals surface area (Å²) in [4.78, 5) is 0. The lowest BCUT2D eigenvalue weighted by Crippen LogP contribution is -2.22. The zero-order chi connectivity index (χ0) is 12.1. The van der Waals surface area contributed by atoms with Crippen LogP contribution in [0, 0.1) is 12.3 Å². The fourth-order valence-corrected chi connectivity index (χ4v) is 2.51. The third-order valence-corrected chi connectivity index (χ3v) is 3.34. The van der Waals surface area contributed by atoms with Gasteiger partial charge in [-0.15, -0.1) is 0 Å². The third kappa shape index (κ3) is 1.78. The summed E-state index contributed by atoms with van der Waals surface area (Å²) < 4.78 is 6.24. The Hall–Kier alpha value is -0.820. The van der Waals surface area contributed by atoms with Crippen molar-refractivity contribution in [3.05, 3.63) is 34.9 Å². The Kier molecular flexibility index (Phi) is 2.43. The number of benzene rings is 1. The number of hydrogen-bond acceptors (Lipinski definition) is 1. The van der Waals surface area contributed by atoms with Crippen LogP contribution in [0.4, 0.5) is 0 Å². The van der Waals surface area contributed by atoms with Gasteiger partial charge in [0.25, 0.3) is 0 Å². The molecule has 1 aliphatic rings. The van der Waals surface area contributed by atoms with Crippen LogP contribution in [0.25, 0.3) is 0 Å². The van der Waals surface area contributed by atoms with Crippen LogP contribution in [-0.2, 0) is 10.3 Å². The molecule has 0 bridgehead atoms. The lowest BCUT2D eigenvalue weighted by Gasteiger charge is -2.29. The summed E-state index contributed by atoms with van der Waals surface area (Å²) in [7, 11) is 0. The average Bonchev–Trinajstić information content (AvgIpc) is 2.37. The first-order valence-electron chi connectivity index (χ1n) is 6.01. The van der Waals surface area contributed by atoms with E-state index in [0.29, 0.717) is 0 Å². The van der Waals surface area contributed by atoms with Crippen LogP contribution in [0.15, 0.2) is 18.2 Å². The van der Waals surface area contributed by atoms with Gasteiger partial charge in [0.1, 0.15) is 0 Å². The molecule has 0 radical (unpaired) electrons. The van der Waals surface area contributed by atoms with Crippen molar-refractivity contribution < 1.29 is 4.74 Å². The first kappa shape index (κ1) is 11.7. The normalized spacial score (nSPS) is 23.2. The lowest BCUT2D eigenvalue weighted by atomic mass is 9.83. The highest BCUT2D eigenvalue weighted by atomic mass is 16.5. The summed E-state index contributed by atoms with van der Waals surface area (Å²) in [5.74, 6) is 0. The maximum Gasteiger partial charge on any atom is 0.0888 e. The Bertz CT molecular complexity index is 410. The monoisotopic (exact) mass is 218 g/mol. The van der Waals surface area contributed by atoms with Crippen LogP contribution < -0.4 is 0 Å². The minimum absolute atomic E-state index is 0.149. The second-order valence-corrected chi connectivity index (χ2v) is 6.46. The van der Waals surface area contributed by atoms with E-state index in [9.17, 15) is 0 Å². The lowest BCUT2D eigenvalue weighted by molar-refractivity contribution is -0.0964. The summed E-state index contributed by atoms with van der Waals surface area (Å²) >= 11 is 0. The van der Waals surface area contributed by atoms with Crippen molar-refractivity contribution in [3.63, 3.8) is 0 Å². The molecule has 0 N–H and O–H groups in total. The molecule has 88 valence electrons. The highest BCUT2D eigenvalue weighted by molar-refractivity contribution is 5.40. The van der Waals surface area contributed by atoms with Gasteiger partial charge in [-0.3, -0.25) is 0 Å². The van der Waals surface area contributed by atoms with E-state index in [1.165, 1.54) is 16.7 Å². The van der Waals surface area contributed by atoms with Gasteiger partial charge in [0, 0.05) is 0 Å². The number of aryl methyl sites for hydroxylation is 1. The fraction of sp³-hybridized carbons (Fsp3) is 0.600. The zero-order valence-electron chi connectivity index (χ0n) is 11.2. The molecule has 2 rings (SSSR count). The average molecular weight is 218 g/mol. The largest absolute Gasteiger partial charge is 0.362 e. The van der Waals surface area contributed by atoms with E-state index in [1.54, 1.807) is 0 Å². The predicted molar refractivity (Wildman–Crippen MR) is 67.5 cm³/mol. The molecule has 0 spiro atoms. The van der Waals surface area contributed by atoms with Crippen LogP contribution in [0.3, 0.4) is 0 Å². The SMILES string of the molecule is Cc1ccc2c(c1)C(C(C)(C)C)OC2(C)C. The van der Waals surface area contributed by atoms with Crippen molar-refractivity contribution >= 4 is 0 Å². The van der Waals surface area contributed by atoms with Crippen molar-refractivity contribution in [1.82, 2.24) is 0 Å². The Morgan fingerprint density at radius 1 is 1.19 bits per heavy atom. The molecular weight excluding hydrogens is 196 g/mol. The fourth-order valence-electron chi connectivity index (χ4n) is 2.51. The van der Waals surface area contributed by atoms with Crippen LogP contribution >= 0.6 is 0 Å². The number of rotatable bonds is 0. The van der Waals surface area contributed by atoms with E-state index < -0.39 is 0 Å². The van der Waals surface area contributed by atoms with Gasteiger partial charge in [-0.05, 0) is 37.3 Å². The van der Waals surface area contributed by atoms with E-state index in [0.717, 1.165) is 0 Å². The van der Waals surface area contributed by atoms with Crippen LogP contribution in [0.5, 0.6) is 0 Å². The van der Waals surface area contributed by atoms with Gasteiger partial charge in [0.15, 0.2) is 0 Å². The minimum atomic E-state index is -0.152. The van der Waals surface area contributed by atoms with Gasteiger partial charge in [0.2, 0.25) is 0 Å². The molecule has 0 saturated carbocycles. The smallest absolute Gasteiger partial charge is 0.0888 e. The standard InChI is InChI=1S/C15H22O/c1-10-7-8-12-11(9-10)13(14(2,3)4)16-15(12,5)6/h7-9,13H,1-6H3. The Morgan fingerprint density at radius 3 is 2.38 bits per heavy atom. The van der Waals surface area contributed by atoms with Gasteiger partial charge in [0.05, 0.1) is 11.7 Å².